The first-order valence-corrected chi connectivity index (χ1v) is 8.07. The second-order valence-corrected chi connectivity index (χ2v) is 6.80. The normalized spacial score (nSPS) is 28.1. The first kappa shape index (κ1) is 12.6. The third-order valence-electron chi connectivity index (χ3n) is 4.25. The van der Waals surface area contributed by atoms with Crippen LogP contribution in [0.4, 0.5) is 0 Å². The lowest BCUT2D eigenvalue weighted by molar-refractivity contribution is 0.0926. The second kappa shape index (κ2) is 4.69. The van der Waals surface area contributed by atoms with Gasteiger partial charge < -0.3 is 10.6 Å². The van der Waals surface area contributed by atoms with Gasteiger partial charge >= 0.3 is 0 Å². The molecule has 4 heterocycles. The zero-order valence-corrected chi connectivity index (χ0v) is 12.3. The minimum atomic E-state index is -0.124. The van der Waals surface area contributed by atoms with Crippen LogP contribution in [0.25, 0.3) is 10.1 Å². The van der Waals surface area contributed by atoms with E-state index in [9.17, 15) is 4.79 Å². The van der Waals surface area contributed by atoms with Gasteiger partial charge in [0.15, 0.2) is 0 Å². The van der Waals surface area contributed by atoms with E-state index >= 15 is 0 Å². The Bertz CT molecular complexity index is 686. The maximum atomic E-state index is 12.3. The number of hydrogen-bond acceptors (Lipinski definition) is 4. The SMILES string of the molecule is O=C(N[C@@H]1C[C@H]2CC[C@@H]1N2)c1cc2sccc2c(Cl)n1. The molecule has 0 spiro atoms. The van der Waals surface area contributed by atoms with E-state index in [0.29, 0.717) is 22.9 Å². The summed E-state index contributed by atoms with van der Waals surface area (Å²) in [6, 6.07) is 4.96. The highest BCUT2D eigenvalue weighted by molar-refractivity contribution is 7.17. The van der Waals surface area contributed by atoms with Gasteiger partial charge in [0.1, 0.15) is 10.8 Å². The molecule has 0 saturated carbocycles. The molecule has 4 rings (SSSR count). The van der Waals surface area contributed by atoms with Gasteiger partial charge in [0, 0.05) is 28.2 Å². The van der Waals surface area contributed by atoms with Crippen LogP contribution in [0.3, 0.4) is 0 Å². The molecule has 2 bridgehead atoms. The molecule has 2 aliphatic heterocycles. The maximum absolute atomic E-state index is 12.3. The van der Waals surface area contributed by atoms with E-state index in [1.165, 1.54) is 6.42 Å². The topological polar surface area (TPSA) is 54.0 Å². The molecule has 6 heteroatoms. The molecule has 4 nitrogen and oxygen atoms in total. The van der Waals surface area contributed by atoms with Gasteiger partial charge in [-0.15, -0.1) is 11.3 Å². The van der Waals surface area contributed by atoms with Gasteiger partial charge in [0.2, 0.25) is 0 Å². The van der Waals surface area contributed by atoms with E-state index in [-0.39, 0.29) is 11.9 Å². The molecule has 3 atom stereocenters. The molecular weight excluding hydrogens is 294 g/mol. The van der Waals surface area contributed by atoms with E-state index < -0.39 is 0 Å². The monoisotopic (exact) mass is 307 g/mol. The number of carbonyl (C=O) groups is 1. The Hall–Kier alpha value is -1.17. The zero-order chi connectivity index (χ0) is 13.7. The van der Waals surface area contributed by atoms with Gasteiger partial charge in [-0.25, -0.2) is 4.98 Å². The molecule has 2 N–H and O–H groups in total. The summed E-state index contributed by atoms with van der Waals surface area (Å²) in [5, 5.41) is 9.88. The van der Waals surface area contributed by atoms with E-state index in [1.54, 1.807) is 11.3 Å². The number of carbonyl (C=O) groups excluding carboxylic acids is 1. The molecule has 2 aliphatic rings. The number of hydrogen-bond donors (Lipinski definition) is 2. The van der Waals surface area contributed by atoms with Crippen molar-refractivity contribution in [2.45, 2.75) is 37.4 Å². The summed E-state index contributed by atoms with van der Waals surface area (Å²) in [6.45, 7) is 0. The second-order valence-electron chi connectivity index (χ2n) is 5.49. The third kappa shape index (κ3) is 2.01. The lowest BCUT2D eigenvalue weighted by Crippen LogP contribution is -2.43. The lowest BCUT2D eigenvalue weighted by Gasteiger charge is -2.21. The van der Waals surface area contributed by atoms with Gasteiger partial charge in [-0.1, -0.05) is 11.6 Å². The number of nitrogens with one attached hydrogen (secondary N) is 2. The molecule has 20 heavy (non-hydrogen) atoms. The molecule has 2 saturated heterocycles. The van der Waals surface area contributed by atoms with Crippen molar-refractivity contribution in [3.8, 4) is 0 Å². The quantitative estimate of drug-likeness (QED) is 0.839. The van der Waals surface area contributed by atoms with E-state index in [2.05, 4.69) is 15.6 Å². The van der Waals surface area contributed by atoms with Crippen LogP contribution in [0, 0.1) is 0 Å². The minimum absolute atomic E-state index is 0.124. The molecule has 1 amide bonds. The van der Waals surface area contributed by atoms with Crippen molar-refractivity contribution >= 4 is 38.9 Å². The highest BCUT2D eigenvalue weighted by Crippen LogP contribution is 2.29. The number of halogens is 1. The Labute approximate surface area is 125 Å². The molecule has 0 unspecified atom stereocenters. The number of aromatic nitrogens is 1. The summed E-state index contributed by atoms with van der Waals surface area (Å²) in [4.78, 5) is 16.6. The van der Waals surface area contributed by atoms with Crippen molar-refractivity contribution in [3.05, 3.63) is 28.4 Å². The van der Waals surface area contributed by atoms with Crippen molar-refractivity contribution < 1.29 is 4.79 Å². The summed E-state index contributed by atoms with van der Waals surface area (Å²) in [5.41, 5.74) is 0.410. The fourth-order valence-corrected chi connectivity index (χ4v) is 4.40. The number of rotatable bonds is 2. The Morgan fingerprint density at radius 3 is 3.15 bits per heavy atom. The third-order valence-corrected chi connectivity index (χ3v) is 5.41. The standard InChI is InChI=1S/C14H14ClN3OS/c15-13-8-3-4-20-12(8)6-11(17-13)14(19)18-10-5-7-1-2-9(10)16-7/h3-4,6-7,9-10,16H,1-2,5H2,(H,18,19)/t7-,9+,10-/m1/s1. The fourth-order valence-electron chi connectivity index (χ4n) is 3.27. The van der Waals surface area contributed by atoms with Crippen molar-refractivity contribution in [1.82, 2.24) is 15.6 Å². The number of pyridine rings is 1. The first-order valence-electron chi connectivity index (χ1n) is 6.81. The molecular formula is C14H14ClN3OS. The molecule has 2 fully saturated rings. The molecule has 0 aromatic carbocycles. The van der Waals surface area contributed by atoms with Crippen molar-refractivity contribution in [3.63, 3.8) is 0 Å². The Morgan fingerprint density at radius 2 is 2.40 bits per heavy atom. The first-order chi connectivity index (χ1) is 9.70. The van der Waals surface area contributed by atoms with Gasteiger partial charge in [-0.2, -0.15) is 0 Å². The minimum Gasteiger partial charge on any atom is -0.346 e. The summed E-state index contributed by atoms with van der Waals surface area (Å²) >= 11 is 7.70. The average Bonchev–Trinajstić information content (AvgIpc) is 3.13. The molecule has 104 valence electrons. The van der Waals surface area contributed by atoms with Crippen LogP contribution in [0.15, 0.2) is 17.5 Å². The van der Waals surface area contributed by atoms with Crippen LogP contribution in [-0.4, -0.2) is 29.0 Å². The molecule has 2 aromatic heterocycles. The lowest BCUT2D eigenvalue weighted by atomic mass is 9.95. The van der Waals surface area contributed by atoms with Gasteiger partial charge in [0.25, 0.3) is 5.91 Å². The van der Waals surface area contributed by atoms with Gasteiger partial charge in [-0.05, 0) is 36.8 Å². The highest BCUT2D eigenvalue weighted by atomic mass is 35.5. The molecule has 2 aromatic rings. The van der Waals surface area contributed by atoms with Crippen LogP contribution in [0.5, 0.6) is 0 Å². The van der Waals surface area contributed by atoms with Gasteiger partial charge in [-0.3, -0.25) is 4.79 Å². The van der Waals surface area contributed by atoms with Gasteiger partial charge in [0.05, 0.1) is 0 Å². The Balaban J connectivity index is 1.57. The highest BCUT2D eigenvalue weighted by Gasteiger charge is 2.39. The number of thiophene rings is 1. The summed E-state index contributed by atoms with van der Waals surface area (Å²) in [5.74, 6) is -0.124. The van der Waals surface area contributed by atoms with Crippen LogP contribution < -0.4 is 10.6 Å². The summed E-state index contributed by atoms with van der Waals surface area (Å²) < 4.78 is 1.00. The average molecular weight is 308 g/mol. The number of nitrogens with zero attached hydrogens (tertiary/aromatic N) is 1. The van der Waals surface area contributed by atoms with Crippen LogP contribution in [0.1, 0.15) is 29.8 Å². The Kier molecular flexibility index (Phi) is 2.94. The van der Waals surface area contributed by atoms with Crippen LogP contribution >= 0.6 is 22.9 Å². The van der Waals surface area contributed by atoms with Crippen molar-refractivity contribution in [2.24, 2.45) is 0 Å². The fraction of sp³-hybridized carbons (Fsp3) is 0.429. The van der Waals surface area contributed by atoms with E-state index in [4.69, 9.17) is 11.6 Å². The smallest absolute Gasteiger partial charge is 0.270 e. The van der Waals surface area contributed by atoms with Crippen LogP contribution in [0.2, 0.25) is 5.15 Å². The number of fused-ring (bicyclic) bond motifs is 3. The van der Waals surface area contributed by atoms with Crippen LogP contribution in [-0.2, 0) is 0 Å². The van der Waals surface area contributed by atoms with E-state index in [0.717, 1.165) is 22.9 Å². The summed E-state index contributed by atoms with van der Waals surface area (Å²) in [6.07, 6.45) is 3.39. The maximum Gasteiger partial charge on any atom is 0.270 e. The zero-order valence-electron chi connectivity index (χ0n) is 10.7. The molecule has 0 radical (unpaired) electrons. The summed E-state index contributed by atoms with van der Waals surface area (Å²) in [7, 11) is 0. The van der Waals surface area contributed by atoms with E-state index in [1.807, 2.05) is 17.5 Å². The predicted octanol–water partition coefficient (Wildman–Crippen LogP) is 2.57. The number of amides is 1. The predicted molar refractivity (Wildman–Crippen MR) is 80.4 cm³/mol. The van der Waals surface area contributed by atoms with Crippen molar-refractivity contribution in [2.75, 3.05) is 0 Å². The van der Waals surface area contributed by atoms with Crippen molar-refractivity contribution in [1.29, 1.82) is 0 Å². The molecule has 0 aliphatic carbocycles. The largest absolute Gasteiger partial charge is 0.346 e. The Morgan fingerprint density at radius 1 is 1.50 bits per heavy atom.